The maximum Gasteiger partial charge on any atom is 0.102 e. The van der Waals surface area contributed by atoms with E-state index in [4.69, 9.17) is 31.6 Å². The molecule has 18 heavy (non-hydrogen) atoms. The van der Waals surface area contributed by atoms with Gasteiger partial charge in [-0.2, -0.15) is 0 Å². The van der Waals surface area contributed by atoms with Crippen LogP contribution in [0.5, 0.6) is 0 Å². The van der Waals surface area contributed by atoms with Crippen molar-refractivity contribution in [1.29, 1.82) is 0 Å². The van der Waals surface area contributed by atoms with E-state index in [0.29, 0.717) is 12.8 Å². The summed E-state index contributed by atoms with van der Waals surface area (Å²) in [6.45, 7) is 7.20. The molecule has 0 aromatic carbocycles. The van der Waals surface area contributed by atoms with Crippen LogP contribution in [0.3, 0.4) is 0 Å². The van der Waals surface area contributed by atoms with E-state index in [1.165, 1.54) is 0 Å². The summed E-state index contributed by atoms with van der Waals surface area (Å²) < 4.78 is 0. The number of hydrogen-bond acceptors (Lipinski definition) is 8. The molecule has 0 fully saturated rings. The van der Waals surface area contributed by atoms with Gasteiger partial charge in [0.2, 0.25) is 0 Å². The van der Waals surface area contributed by atoms with Crippen molar-refractivity contribution in [3.05, 3.63) is 0 Å². The molecular formula is C10H26N4O4. The smallest absolute Gasteiger partial charge is 0.102 e. The Morgan fingerprint density at radius 3 is 1.89 bits per heavy atom. The second-order valence-corrected chi connectivity index (χ2v) is 5.78. The highest BCUT2D eigenvalue weighted by Gasteiger charge is 2.32. The van der Waals surface area contributed by atoms with Crippen LogP contribution in [0.25, 0.3) is 0 Å². The van der Waals surface area contributed by atoms with Crippen LogP contribution in [0.4, 0.5) is 0 Å². The Hall–Kier alpha value is -0.320. The molecule has 0 aromatic heterocycles. The zero-order chi connectivity index (χ0) is 14.4. The average Bonchev–Trinajstić information content (AvgIpc) is 2.13. The summed E-state index contributed by atoms with van der Waals surface area (Å²) in [7, 11) is 0. The monoisotopic (exact) mass is 266 g/mol. The zero-order valence-corrected chi connectivity index (χ0v) is 11.4. The molecule has 0 aliphatic carbocycles. The molecule has 0 aromatic rings. The van der Waals surface area contributed by atoms with Crippen molar-refractivity contribution < 1.29 is 20.1 Å². The minimum Gasteiger partial charge on any atom is -0.325 e. The SMILES string of the molecule is CC(C)(N)CC(CC(ONO)C(C)(C)N)ONO. The van der Waals surface area contributed by atoms with E-state index in [-0.39, 0.29) is 0 Å². The number of rotatable bonds is 9. The molecule has 0 aliphatic rings. The van der Waals surface area contributed by atoms with Gasteiger partial charge < -0.3 is 11.5 Å². The maximum absolute atomic E-state index is 8.63. The van der Waals surface area contributed by atoms with E-state index in [9.17, 15) is 0 Å². The molecule has 8 nitrogen and oxygen atoms in total. The lowest BCUT2D eigenvalue weighted by Crippen LogP contribution is -2.51. The molecule has 2 atom stereocenters. The Kier molecular flexibility index (Phi) is 7.18. The lowest BCUT2D eigenvalue weighted by molar-refractivity contribution is -0.210. The third-order valence-electron chi connectivity index (χ3n) is 2.47. The first kappa shape index (κ1) is 17.7. The van der Waals surface area contributed by atoms with E-state index >= 15 is 0 Å². The van der Waals surface area contributed by atoms with Gasteiger partial charge in [0.05, 0.1) is 6.10 Å². The first-order valence-corrected chi connectivity index (χ1v) is 5.77. The molecule has 110 valence electrons. The lowest BCUT2D eigenvalue weighted by Gasteiger charge is -2.33. The fraction of sp³-hybridized carbons (Fsp3) is 1.00. The summed E-state index contributed by atoms with van der Waals surface area (Å²) in [6, 6.07) is 0. The summed E-state index contributed by atoms with van der Waals surface area (Å²) in [6.07, 6.45) is -0.132. The standard InChI is InChI=1S/C10H26N4O4/c1-9(2,11)6-7(17-13-15)5-8(18-14-16)10(3,4)12/h7-8,13-16H,5-6,11-12H2,1-4H3. The summed E-state index contributed by atoms with van der Waals surface area (Å²) in [5.74, 6) is 0. The van der Waals surface area contributed by atoms with Crippen LogP contribution in [-0.2, 0) is 9.68 Å². The summed E-state index contributed by atoms with van der Waals surface area (Å²) >= 11 is 0. The lowest BCUT2D eigenvalue weighted by atomic mass is 9.89. The molecular weight excluding hydrogens is 240 g/mol. The van der Waals surface area contributed by atoms with Crippen LogP contribution in [-0.4, -0.2) is 33.7 Å². The van der Waals surface area contributed by atoms with Crippen LogP contribution in [0.1, 0.15) is 40.5 Å². The Labute approximate surface area is 107 Å². The Morgan fingerprint density at radius 1 is 1.06 bits per heavy atom. The Bertz CT molecular complexity index is 227. The van der Waals surface area contributed by atoms with Gasteiger partial charge >= 0.3 is 0 Å². The molecule has 8 heteroatoms. The molecule has 0 rings (SSSR count). The summed E-state index contributed by atoms with van der Waals surface area (Å²) in [4.78, 5) is 9.92. The first-order valence-electron chi connectivity index (χ1n) is 5.77. The van der Waals surface area contributed by atoms with E-state index in [0.717, 1.165) is 0 Å². The highest BCUT2D eigenvalue weighted by atomic mass is 16.8. The van der Waals surface area contributed by atoms with Crippen molar-refractivity contribution >= 4 is 0 Å². The van der Waals surface area contributed by atoms with E-state index in [2.05, 4.69) is 0 Å². The molecule has 8 N–H and O–H groups in total. The van der Waals surface area contributed by atoms with Gasteiger partial charge in [0, 0.05) is 17.5 Å². The van der Waals surface area contributed by atoms with Crippen molar-refractivity contribution in [3.63, 3.8) is 0 Å². The maximum atomic E-state index is 8.63. The third-order valence-corrected chi connectivity index (χ3v) is 2.47. The van der Waals surface area contributed by atoms with Gasteiger partial charge in [-0.3, -0.25) is 20.1 Å². The Balaban J connectivity index is 4.60. The van der Waals surface area contributed by atoms with Gasteiger partial charge in [0.15, 0.2) is 0 Å². The number of hydrogen-bond donors (Lipinski definition) is 6. The average molecular weight is 266 g/mol. The topological polar surface area (TPSA) is 135 Å². The third kappa shape index (κ3) is 7.90. The normalized spacial score (nSPS) is 16.7. The molecule has 0 heterocycles. The highest BCUT2D eigenvalue weighted by Crippen LogP contribution is 2.20. The van der Waals surface area contributed by atoms with Crippen molar-refractivity contribution in [3.8, 4) is 0 Å². The molecule has 0 aliphatic heterocycles. The molecule has 0 saturated heterocycles. The molecule has 0 spiro atoms. The van der Waals surface area contributed by atoms with Crippen LogP contribution in [0, 0.1) is 0 Å². The second-order valence-electron chi connectivity index (χ2n) is 5.78. The number of nitrogens with two attached hydrogens (primary N) is 2. The van der Waals surface area contributed by atoms with E-state index in [1.807, 2.05) is 13.8 Å². The van der Waals surface area contributed by atoms with E-state index in [1.54, 1.807) is 25.1 Å². The second kappa shape index (κ2) is 7.31. The zero-order valence-electron chi connectivity index (χ0n) is 11.4. The van der Waals surface area contributed by atoms with Gasteiger partial charge in [-0.1, -0.05) is 11.3 Å². The van der Waals surface area contributed by atoms with Gasteiger partial charge in [-0.15, -0.1) is 0 Å². The molecule has 0 bridgehead atoms. The molecule has 0 radical (unpaired) electrons. The van der Waals surface area contributed by atoms with Crippen LogP contribution in [0.15, 0.2) is 0 Å². The summed E-state index contributed by atoms with van der Waals surface area (Å²) in [5, 5.41) is 17.2. The predicted octanol–water partition coefficient (Wildman–Crippen LogP) is -0.201. The van der Waals surface area contributed by atoms with Crippen LogP contribution in [0.2, 0.25) is 0 Å². The molecule has 2 unspecified atom stereocenters. The van der Waals surface area contributed by atoms with Gasteiger partial charge in [0.1, 0.15) is 6.10 Å². The predicted molar refractivity (Wildman–Crippen MR) is 65.4 cm³/mol. The van der Waals surface area contributed by atoms with Crippen molar-refractivity contribution in [1.82, 2.24) is 11.3 Å². The molecule has 0 saturated carbocycles. The van der Waals surface area contributed by atoms with Crippen molar-refractivity contribution in [2.24, 2.45) is 11.5 Å². The van der Waals surface area contributed by atoms with Crippen molar-refractivity contribution in [2.75, 3.05) is 0 Å². The highest BCUT2D eigenvalue weighted by molar-refractivity contribution is 4.87. The van der Waals surface area contributed by atoms with Crippen LogP contribution >= 0.6 is 0 Å². The Morgan fingerprint density at radius 2 is 1.56 bits per heavy atom. The fourth-order valence-electron chi connectivity index (χ4n) is 1.64. The molecule has 0 amide bonds. The van der Waals surface area contributed by atoms with Gasteiger partial charge in [0.25, 0.3) is 0 Å². The van der Waals surface area contributed by atoms with Gasteiger partial charge in [-0.25, -0.2) is 0 Å². The summed E-state index contributed by atoms with van der Waals surface area (Å²) in [5.41, 5.74) is 13.9. The fourth-order valence-corrected chi connectivity index (χ4v) is 1.64. The minimum atomic E-state index is -0.703. The van der Waals surface area contributed by atoms with E-state index < -0.39 is 23.3 Å². The minimum absolute atomic E-state index is 0.339. The number of nitrogens with one attached hydrogen (secondary N) is 2. The largest absolute Gasteiger partial charge is 0.325 e. The van der Waals surface area contributed by atoms with Crippen LogP contribution < -0.4 is 22.8 Å². The first-order chi connectivity index (χ1) is 8.10. The van der Waals surface area contributed by atoms with Gasteiger partial charge in [-0.05, 0) is 34.1 Å². The quantitative estimate of drug-likeness (QED) is 0.316. The van der Waals surface area contributed by atoms with Crippen molar-refractivity contribution in [2.45, 2.75) is 63.8 Å².